The molecule has 0 unspecified atom stereocenters. The van der Waals surface area contributed by atoms with Crippen molar-refractivity contribution in [2.24, 2.45) is 0 Å². The van der Waals surface area contributed by atoms with Crippen molar-refractivity contribution < 1.29 is 4.74 Å². The first-order valence-electron chi connectivity index (χ1n) is 5.97. The van der Waals surface area contributed by atoms with E-state index in [1.807, 2.05) is 18.5 Å². The number of likely N-dealkylation sites (N-methyl/N-ethyl adjacent to an activating group) is 1. The zero-order valence-corrected chi connectivity index (χ0v) is 11.6. The van der Waals surface area contributed by atoms with Crippen LogP contribution in [-0.4, -0.2) is 46.2 Å². The average molecular weight is 248 g/mol. The first-order chi connectivity index (χ1) is 8.44. The molecule has 0 atom stereocenters. The van der Waals surface area contributed by atoms with E-state index in [9.17, 15) is 0 Å². The van der Waals surface area contributed by atoms with Crippen molar-refractivity contribution in [3.8, 4) is 6.01 Å². The number of methoxy groups -OCH3 is 1. The van der Waals surface area contributed by atoms with Gasteiger partial charge < -0.3 is 14.2 Å². The predicted molar refractivity (Wildman–Crippen MR) is 71.8 cm³/mol. The van der Waals surface area contributed by atoms with Crippen LogP contribution in [-0.2, 0) is 6.54 Å². The van der Waals surface area contributed by atoms with Crippen molar-refractivity contribution in [2.75, 3.05) is 21.2 Å². The summed E-state index contributed by atoms with van der Waals surface area (Å²) in [7, 11) is 5.75. The highest BCUT2D eigenvalue weighted by molar-refractivity contribution is 5.75. The van der Waals surface area contributed by atoms with Crippen molar-refractivity contribution in [3.05, 3.63) is 18.5 Å². The summed E-state index contributed by atoms with van der Waals surface area (Å²) in [5, 5.41) is 0. The number of hydrogen-bond acceptors (Lipinski definition) is 4. The average Bonchev–Trinajstić information content (AvgIpc) is 2.71. The largest absolute Gasteiger partial charge is 0.467 e. The monoisotopic (exact) mass is 248 g/mol. The van der Waals surface area contributed by atoms with Crippen LogP contribution in [0.5, 0.6) is 6.01 Å². The number of ether oxygens (including phenoxy) is 1. The Bertz CT molecular complexity index is 545. The van der Waals surface area contributed by atoms with Gasteiger partial charge in [-0.05, 0) is 34.0 Å². The van der Waals surface area contributed by atoms with E-state index in [0.717, 1.165) is 17.6 Å². The van der Waals surface area contributed by atoms with Gasteiger partial charge in [0.1, 0.15) is 0 Å². The Morgan fingerprint density at radius 2 is 2.11 bits per heavy atom. The van der Waals surface area contributed by atoms with Crippen LogP contribution in [0.1, 0.15) is 13.8 Å². The molecule has 0 N–H and O–H groups in total. The summed E-state index contributed by atoms with van der Waals surface area (Å²) in [6.07, 6.45) is 3.86. The van der Waals surface area contributed by atoms with Crippen LogP contribution in [0.4, 0.5) is 0 Å². The number of fused-ring (bicyclic) bond motifs is 1. The van der Waals surface area contributed by atoms with Gasteiger partial charge in [0.2, 0.25) is 0 Å². The van der Waals surface area contributed by atoms with Crippen LogP contribution in [0, 0.1) is 0 Å². The molecule has 0 aliphatic carbocycles. The molecule has 2 aromatic rings. The smallest absolute Gasteiger partial charge is 0.316 e. The summed E-state index contributed by atoms with van der Waals surface area (Å²) in [5.41, 5.74) is 2.02. The molecule has 0 saturated heterocycles. The fourth-order valence-electron chi connectivity index (χ4n) is 1.75. The Balaban J connectivity index is 2.35. The molecule has 5 nitrogen and oxygen atoms in total. The SMILES string of the molecule is COc1ncc2c(ccn2CC(C)(C)N(C)C)n1. The minimum Gasteiger partial charge on any atom is -0.467 e. The van der Waals surface area contributed by atoms with Crippen LogP contribution in [0.15, 0.2) is 18.5 Å². The quantitative estimate of drug-likeness (QED) is 0.827. The van der Waals surface area contributed by atoms with Gasteiger partial charge in [-0.15, -0.1) is 0 Å². The molecule has 0 radical (unpaired) electrons. The third-order valence-electron chi connectivity index (χ3n) is 3.45. The molecule has 0 bridgehead atoms. The number of hydrogen-bond donors (Lipinski definition) is 0. The molecule has 5 heteroatoms. The lowest BCUT2D eigenvalue weighted by Crippen LogP contribution is -2.41. The standard InChI is InChI=1S/C13H20N4O/c1-13(2,16(3)4)9-17-7-6-10-11(17)8-14-12(15-10)18-5/h6-8H,9H2,1-5H3. The molecule has 0 aromatic carbocycles. The number of nitrogens with zero attached hydrogens (tertiary/aromatic N) is 4. The number of rotatable bonds is 4. The molecular formula is C13H20N4O. The van der Waals surface area contributed by atoms with Crippen molar-refractivity contribution >= 4 is 11.0 Å². The van der Waals surface area contributed by atoms with Gasteiger partial charge in [0.25, 0.3) is 0 Å². The zero-order chi connectivity index (χ0) is 13.3. The Morgan fingerprint density at radius 1 is 1.39 bits per heavy atom. The van der Waals surface area contributed by atoms with Crippen LogP contribution < -0.4 is 4.74 Å². The molecule has 0 saturated carbocycles. The van der Waals surface area contributed by atoms with Crippen LogP contribution in [0.2, 0.25) is 0 Å². The van der Waals surface area contributed by atoms with Crippen LogP contribution in [0.25, 0.3) is 11.0 Å². The highest BCUT2D eigenvalue weighted by atomic mass is 16.5. The summed E-state index contributed by atoms with van der Waals surface area (Å²) in [5.74, 6) is 0. The molecular weight excluding hydrogens is 228 g/mol. The van der Waals surface area contributed by atoms with E-state index >= 15 is 0 Å². The second kappa shape index (κ2) is 4.57. The molecule has 18 heavy (non-hydrogen) atoms. The summed E-state index contributed by atoms with van der Waals surface area (Å²) in [4.78, 5) is 10.7. The normalized spacial score (nSPS) is 12.3. The van der Waals surface area contributed by atoms with Crippen molar-refractivity contribution in [1.82, 2.24) is 19.4 Å². The van der Waals surface area contributed by atoms with E-state index in [-0.39, 0.29) is 5.54 Å². The predicted octanol–water partition coefficient (Wildman–Crippen LogP) is 1.78. The van der Waals surface area contributed by atoms with Gasteiger partial charge in [-0.3, -0.25) is 0 Å². The van der Waals surface area contributed by atoms with Crippen molar-refractivity contribution in [3.63, 3.8) is 0 Å². The highest BCUT2D eigenvalue weighted by Crippen LogP contribution is 2.20. The molecule has 2 rings (SSSR count). The topological polar surface area (TPSA) is 43.2 Å². The second-order valence-electron chi connectivity index (χ2n) is 5.28. The zero-order valence-electron chi connectivity index (χ0n) is 11.6. The van der Waals surface area contributed by atoms with E-state index < -0.39 is 0 Å². The maximum absolute atomic E-state index is 5.03. The lowest BCUT2D eigenvalue weighted by atomic mass is 10.0. The molecule has 0 amide bonds. The molecule has 0 fully saturated rings. The van der Waals surface area contributed by atoms with E-state index in [4.69, 9.17) is 4.74 Å². The molecule has 2 heterocycles. The first kappa shape index (κ1) is 12.8. The molecule has 98 valence electrons. The van der Waals surface area contributed by atoms with Gasteiger partial charge in [0, 0.05) is 18.3 Å². The minimum absolute atomic E-state index is 0.0753. The lowest BCUT2D eigenvalue weighted by molar-refractivity contribution is 0.171. The van der Waals surface area contributed by atoms with Crippen molar-refractivity contribution in [2.45, 2.75) is 25.9 Å². The third kappa shape index (κ3) is 2.31. The Hall–Kier alpha value is -1.62. The van der Waals surface area contributed by atoms with E-state index in [2.05, 4.69) is 47.4 Å². The summed E-state index contributed by atoms with van der Waals surface area (Å²) >= 11 is 0. The molecule has 0 aliphatic rings. The Labute approximate surface area is 107 Å². The Morgan fingerprint density at radius 3 is 2.72 bits per heavy atom. The van der Waals surface area contributed by atoms with Crippen LogP contribution >= 0.6 is 0 Å². The third-order valence-corrected chi connectivity index (χ3v) is 3.45. The van der Waals surface area contributed by atoms with Gasteiger partial charge >= 0.3 is 6.01 Å². The summed E-state index contributed by atoms with van der Waals surface area (Å²) in [6, 6.07) is 2.40. The van der Waals surface area contributed by atoms with E-state index in [1.54, 1.807) is 7.11 Å². The van der Waals surface area contributed by atoms with E-state index in [1.165, 1.54) is 0 Å². The first-order valence-corrected chi connectivity index (χ1v) is 5.97. The van der Waals surface area contributed by atoms with Gasteiger partial charge in [0.05, 0.1) is 24.3 Å². The fraction of sp³-hybridized carbons (Fsp3) is 0.538. The maximum atomic E-state index is 5.03. The van der Waals surface area contributed by atoms with Crippen molar-refractivity contribution in [1.29, 1.82) is 0 Å². The second-order valence-corrected chi connectivity index (χ2v) is 5.28. The molecule has 2 aromatic heterocycles. The maximum Gasteiger partial charge on any atom is 0.316 e. The van der Waals surface area contributed by atoms with Gasteiger partial charge in [-0.1, -0.05) is 0 Å². The van der Waals surface area contributed by atoms with Gasteiger partial charge in [-0.25, -0.2) is 4.98 Å². The highest BCUT2D eigenvalue weighted by Gasteiger charge is 2.21. The summed E-state index contributed by atoms with van der Waals surface area (Å²) in [6.45, 7) is 5.31. The minimum atomic E-state index is 0.0753. The lowest BCUT2D eigenvalue weighted by Gasteiger charge is -2.33. The van der Waals surface area contributed by atoms with E-state index in [0.29, 0.717) is 6.01 Å². The Kier molecular flexibility index (Phi) is 3.26. The fourth-order valence-corrected chi connectivity index (χ4v) is 1.75. The van der Waals surface area contributed by atoms with Crippen LogP contribution in [0.3, 0.4) is 0 Å². The van der Waals surface area contributed by atoms with Gasteiger partial charge in [-0.2, -0.15) is 4.98 Å². The number of aromatic nitrogens is 3. The molecule has 0 spiro atoms. The molecule has 0 aliphatic heterocycles. The summed E-state index contributed by atoms with van der Waals surface area (Å²) < 4.78 is 7.21. The van der Waals surface area contributed by atoms with Gasteiger partial charge in [0.15, 0.2) is 0 Å².